The average Bonchev–Trinajstić information content (AvgIpc) is 2.84. The standard InChI is InChI=1S/C24H26BrN5O4S/c1-33-13-14-34-20-10-8-17(9-11-20)29-24-26-16-21(35(2)32)23(30-24)28-19-6-3-5-18(15-19)27-22(31)7-4-12-25/h3-11,15-16H,12-14H2,1-2H3,(H,27,31)(H2,26,28,29,30). The lowest BCUT2D eigenvalue weighted by molar-refractivity contribution is -0.111. The van der Waals surface area contributed by atoms with Gasteiger partial charge in [0.2, 0.25) is 11.9 Å². The van der Waals surface area contributed by atoms with Gasteiger partial charge in [-0.05, 0) is 42.5 Å². The van der Waals surface area contributed by atoms with Gasteiger partial charge < -0.3 is 25.4 Å². The molecule has 0 fully saturated rings. The molecule has 1 atom stereocenters. The van der Waals surface area contributed by atoms with Crippen LogP contribution in [0, 0.1) is 0 Å². The van der Waals surface area contributed by atoms with E-state index in [2.05, 4.69) is 41.8 Å². The van der Waals surface area contributed by atoms with Crippen LogP contribution in [0.15, 0.2) is 71.8 Å². The molecular formula is C24H26BrN5O4S. The molecule has 35 heavy (non-hydrogen) atoms. The third-order valence-electron chi connectivity index (χ3n) is 4.48. The molecule has 0 aliphatic carbocycles. The maximum atomic E-state index is 12.3. The summed E-state index contributed by atoms with van der Waals surface area (Å²) in [4.78, 5) is 21.2. The first-order valence-corrected chi connectivity index (χ1v) is 13.3. The van der Waals surface area contributed by atoms with Gasteiger partial charge in [-0.25, -0.2) is 4.98 Å². The number of alkyl halides is 1. The van der Waals surface area contributed by atoms with E-state index >= 15 is 0 Å². The van der Waals surface area contributed by atoms with Crippen LogP contribution >= 0.6 is 15.9 Å². The summed E-state index contributed by atoms with van der Waals surface area (Å²) < 4.78 is 22.8. The third kappa shape index (κ3) is 8.46. The van der Waals surface area contributed by atoms with Crippen molar-refractivity contribution >= 4 is 61.5 Å². The summed E-state index contributed by atoms with van der Waals surface area (Å²) in [6, 6.07) is 14.5. The molecule has 0 aliphatic rings. The second kappa shape index (κ2) is 13.6. The number of allylic oxidation sites excluding steroid dienone is 1. The van der Waals surface area contributed by atoms with E-state index in [-0.39, 0.29) is 5.91 Å². The molecular weight excluding hydrogens is 534 g/mol. The molecule has 9 nitrogen and oxygen atoms in total. The molecule has 2 aromatic carbocycles. The molecule has 1 heterocycles. The molecule has 0 saturated carbocycles. The largest absolute Gasteiger partial charge is 0.491 e. The summed E-state index contributed by atoms with van der Waals surface area (Å²) in [6.07, 6.45) is 6.24. The van der Waals surface area contributed by atoms with Crippen molar-refractivity contribution < 1.29 is 18.5 Å². The molecule has 0 saturated heterocycles. The monoisotopic (exact) mass is 559 g/mol. The lowest BCUT2D eigenvalue weighted by Gasteiger charge is -2.13. The fourth-order valence-corrected chi connectivity index (χ4v) is 3.64. The molecule has 0 spiro atoms. The topological polar surface area (TPSA) is 114 Å². The van der Waals surface area contributed by atoms with Gasteiger partial charge >= 0.3 is 0 Å². The number of nitrogens with one attached hydrogen (secondary N) is 3. The van der Waals surface area contributed by atoms with Crippen LogP contribution in [0.5, 0.6) is 5.75 Å². The summed E-state index contributed by atoms with van der Waals surface area (Å²) in [6.45, 7) is 0.980. The van der Waals surface area contributed by atoms with E-state index < -0.39 is 10.8 Å². The third-order valence-corrected chi connectivity index (χ3v) is 5.77. The molecule has 3 N–H and O–H groups in total. The number of methoxy groups -OCH3 is 1. The minimum atomic E-state index is -1.32. The Hall–Kier alpha value is -3.28. The predicted octanol–water partition coefficient (Wildman–Crippen LogP) is 4.62. The van der Waals surface area contributed by atoms with Crippen LogP contribution in [0.25, 0.3) is 0 Å². The Morgan fingerprint density at radius 1 is 1.09 bits per heavy atom. The number of benzene rings is 2. The number of ether oxygens (including phenoxy) is 2. The van der Waals surface area contributed by atoms with Crippen molar-refractivity contribution in [3.63, 3.8) is 0 Å². The Kier molecular flexibility index (Phi) is 10.2. The van der Waals surface area contributed by atoms with Crippen molar-refractivity contribution in [1.82, 2.24) is 9.97 Å². The van der Waals surface area contributed by atoms with Crippen LogP contribution in [0.2, 0.25) is 0 Å². The van der Waals surface area contributed by atoms with Crippen molar-refractivity contribution in [2.75, 3.05) is 47.9 Å². The SMILES string of the molecule is COCCOc1ccc(Nc2ncc(S(C)=O)c(Nc3cccc(NC(=O)C=CCBr)c3)n2)cc1. The van der Waals surface area contributed by atoms with Gasteiger partial charge in [-0.3, -0.25) is 9.00 Å². The number of hydrogen-bond acceptors (Lipinski definition) is 8. The van der Waals surface area contributed by atoms with Crippen LogP contribution in [0.3, 0.4) is 0 Å². The fourth-order valence-electron chi connectivity index (χ4n) is 2.88. The summed E-state index contributed by atoms with van der Waals surface area (Å²) in [5.41, 5.74) is 2.04. The zero-order chi connectivity index (χ0) is 25.0. The molecule has 11 heteroatoms. The van der Waals surface area contributed by atoms with Crippen molar-refractivity contribution in [2.45, 2.75) is 4.90 Å². The first kappa shape index (κ1) is 26.3. The zero-order valence-electron chi connectivity index (χ0n) is 19.3. The summed E-state index contributed by atoms with van der Waals surface area (Å²) >= 11 is 3.24. The van der Waals surface area contributed by atoms with E-state index in [1.54, 1.807) is 37.6 Å². The minimum absolute atomic E-state index is 0.236. The van der Waals surface area contributed by atoms with Crippen LogP contribution in [0.4, 0.5) is 28.8 Å². The van der Waals surface area contributed by atoms with Gasteiger partial charge in [0, 0.05) is 41.8 Å². The highest BCUT2D eigenvalue weighted by atomic mass is 79.9. The van der Waals surface area contributed by atoms with Gasteiger partial charge in [0.1, 0.15) is 12.4 Å². The van der Waals surface area contributed by atoms with Crippen molar-refractivity contribution in [1.29, 1.82) is 0 Å². The van der Waals surface area contributed by atoms with Gasteiger partial charge in [0.05, 0.1) is 28.5 Å². The number of carbonyl (C=O) groups excluding carboxylic acids is 1. The fraction of sp³-hybridized carbons (Fsp3) is 0.208. The maximum Gasteiger partial charge on any atom is 0.248 e. The Labute approximate surface area is 214 Å². The maximum absolute atomic E-state index is 12.3. The predicted molar refractivity (Wildman–Crippen MR) is 143 cm³/mol. The van der Waals surface area contributed by atoms with Crippen molar-refractivity contribution in [3.05, 3.63) is 66.9 Å². The number of nitrogens with zero attached hydrogens (tertiary/aromatic N) is 2. The average molecular weight is 560 g/mol. The summed E-state index contributed by atoms with van der Waals surface area (Å²) in [7, 11) is 0.303. The Morgan fingerprint density at radius 2 is 1.86 bits per heavy atom. The smallest absolute Gasteiger partial charge is 0.248 e. The van der Waals surface area contributed by atoms with E-state index in [4.69, 9.17) is 9.47 Å². The first-order valence-electron chi connectivity index (χ1n) is 10.6. The number of aromatic nitrogens is 2. The van der Waals surface area contributed by atoms with Gasteiger partial charge in [-0.15, -0.1) is 0 Å². The second-order valence-corrected chi connectivity index (χ2v) is 9.10. The number of hydrogen-bond donors (Lipinski definition) is 3. The molecule has 1 unspecified atom stereocenters. The van der Waals surface area contributed by atoms with E-state index in [9.17, 15) is 9.00 Å². The van der Waals surface area contributed by atoms with E-state index in [0.29, 0.717) is 46.6 Å². The molecule has 184 valence electrons. The molecule has 1 aromatic heterocycles. The van der Waals surface area contributed by atoms with Gasteiger partial charge in [0.25, 0.3) is 0 Å². The molecule has 0 bridgehead atoms. The second-order valence-electron chi connectivity index (χ2n) is 7.10. The lowest BCUT2D eigenvalue weighted by atomic mass is 10.2. The van der Waals surface area contributed by atoms with Gasteiger partial charge in [-0.1, -0.05) is 28.1 Å². The van der Waals surface area contributed by atoms with Crippen LogP contribution in [0.1, 0.15) is 0 Å². The van der Waals surface area contributed by atoms with Crippen molar-refractivity contribution in [2.24, 2.45) is 0 Å². The normalized spacial score (nSPS) is 11.7. The number of carbonyl (C=O) groups is 1. The quantitative estimate of drug-likeness (QED) is 0.167. The van der Waals surface area contributed by atoms with E-state index in [1.165, 1.54) is 12.3 Å². The highest BCUT2D eigenvalue weighted by molar-refractivity contribution is 9.09. The Balaban J connectivity index is 1.75. The highest BCUT2D eigenvalue weighted by Crippen LogP contribution is 2.25. The van der Waals surface area contributed by atoms with Gasteiger partial charge in [-0.2, -0.15) is 4.98 Å². The molecule has 3 aromatic rings. The van der Waals surface area contributed by atoms with Gasteiger partial charge in [0.15, 0.2) is 5.82 Å². The summed E-state index contributed by atoms with van der Waals surface area (Å²) in [5.74, 6) is 1.22. The van der Waals surface area contributed by atoms with Crippen LogP contribution < -0.4 is 20.7 Å². The molecule has 1 amide bonds. The van der Waals surface area contributed by atoms with Crippen LogP contribution in [-0.4, -0.2) is 52.0 Å². The number of halogens is 1. The Morgan fingerprint density at radius 3 is 2.57 bits per heavy atom. The minimum Gasteiger partial charge on any atom is -0.491 e. The highest BCUT2D eigenvalue weighted by Gasteiger charge is 2.12. The Bertz CT molecular complexity index is 1190. The van der Waals surface area contributed by atoms with Crippen LogP contribution in [-0.2, 0) is 20.3 Å². The number of amides is 1. The molecule has 0 aliphatic heterocycles. The van der Waals surface area contributed by atoms with E-state index in [0.717, 1.165) is 11.4 Å². The zero-order valence-corrected chi connectivity index (χ0v) is 21.7. The summed E-state index contributed by atoms with van der Waals surface area (Å²) in [5, 5.41) is 9.71. The molecule has 0 radical (unpaired) electrons. The first-order chi connectivity index (χ1) is 17.0. The lowest BCUT2D eigenvalue weighted by Crippen LogP contribution is -2.08. The number of anilines is 5. The van der Waals surface area contributed by atoms with Crippen molar-refractivity contribution in [3.8, 4) is 5.75 Å². The molecule has 3 rings (SSSR count). The number of rotatable bonds is 12. The van der Waals surface area contributed by atoms with E-state index in [1.807, 2.05) is 30.3 Å².